The second kappa shape index (κ2) is 7.44. The van der Waals surface area contributed by atoms with Crippen LogP contribution in [-0.4, -0.2) is 6.54 Å². The van der Waals surface area contributed by atoms with Crippen molar-refractivity contribution in [2.75, 3.05) is 6.54 Å². The van der Waals surface area contributed by atoms with Gasteiger partial charge in [0, 0.05) is 17.0 Å². The SMILES string of the molecule is Fc1ccc(CC[NH2+]Cc2ccc(-c3cccc(Cl)c3)o2)cc1. The summed E-state index contributed by atoms with van der Waals surface area (Å²) in [5.74, 6) is 1.57. The molecule has 0 fully saturated rings. The molecule has 0 bridgehead atoms. The van der Waals surface area contributed by atoms with Gasteiger partial charge in [0.25, 0.3) is 0 Å². The first-order valence-electron chi connectivity index (χ1n) is 7.61. The summed E-state index contributed by atoms with van der Waals surface area (Å²) in [4.78, 5) is 0. The summed E-state index contributed by atoms with van der Waals surface area (Å²) in [6.07, 6.45) is 0.905. The van der Waals surface area contributed by atoms with Crippen molar-refractivity contribution in [1.29, 1.82) is 0 Å². The molecule has 2 N–H and O–H groups in total. The Bertz CT molecular complexity index is 767. The summed E-state index contributed by atoms with van der Waals surface area (Å²) in [6, 6.07) is 18.2. The second-order valence-corrected chi connectivity index (χ2v) is 5.87. The van der Waals surface area contributed by atoms with E-state index in [2.05, 4.69) is 5.32 Å². The highest BCUT2D eigenvalue weighted by Crippen LogP contribution is 2.24. The molecule has 0 atom stereocenters. The minimum Gasteiger partial charge on any atom is -0.455 e. The molecule has 2 aromatic carbocycles. The summed E-state index contributed by atoms with van der Waals surface area (Å²) in [6.45, 7) is 1.71. The molecule has 23 heavy (non-hydrogen) atoms. The molecule has 3 rings (SSSR count). The van der Waals surface area contributed by atoms with E-state index >= 15 is 0 Å². The minimum atomic E-state index is -0.193. The number of nitrogens with two attached hydrogens (primary N) is 1. The van der Waals surface area contributed by atoms with Crippen LogP contribution in [0, 0.1) is 5.82 Å². The van der Waals surface area contributed by atoms with Crippen LogP contribution in [0.2, 0.25) is 5.02 Å². The van der Waals surface area contributed by atoms with E-state index in [1.165, 1.54) is 12.1 Å². The van der Waals surface area contributed by atoms with Gasteiger partial charge in [0.05, 0.1) is 6.54 Å². The van der Waals surface area contributed by atoms with E-state index in [1.807, 2.05) is 48.5 Å². The smallest absolute Gasteiger partial charge is 0.158 e. The lowest BCUT2D eigenvalue weighted by Gasteiger charge is -2.01. The first kappa shape index (κ1) is 15.8. The van der Waals surface area contributed by atoms with E-state index in [0.717, 1.165) is 42.2 Å². The topological polar surface area (TPSA) is 29.8 Å². The molecule has 1 heterocycles. The van der Waals surface area contributed by atoms with E-state index in [4.69, 9.17) is 16.0 Å². The summed E-state index contributed by atoms with van der Waals surface area (Å²) in [7, 11) is 0. The van der Waals surface area contributed by atoms with Crippen molar-refractivity contribution >= 4 is 11.6 Å². The lowest BCUT2D eigenvalue weighted by Crippen LogP contribution is -2.83. The Kier molecular flexibility index (Phi) is 5.11. The third kappa shape index (κ3) is 4.44. The Morgan fingerprint density at radius 3 is 2.61 bits per heavy atom. The Labute approximate surface area is 139 Å². The highest BCUT2D eigenvalue weighted by molar-refractivity contribution is 6.30. The van der Waals surface area contributed by atoms with Crippen LogP contribution >= 0.6 is 11.6 Å². The molecule has 2 nitrogen and oxygen atoms in total. The zero-order chi connectivity index (χ0) is 16.1. The number of quaternary nitrogens is 1. The van der Waals surface area contributed by atoms with Crippen LogP contribution in [0.25, 0.3) is 11.3 Å². The first-order valence-corrected chi connectivity index (χ1v) is 7.99. The average Bonchev–Trinajstić information content (AvgIpc) is 3.02. The number of hydrogen-bond acceptors (Lipinski definition) is 1. The molecule has 4 heteroatoms. The quantitative estimate of drug-likeness (QED) is 0.679. The lowest BCUT2D eigenvalue weighted by atomic mass is 10.1. The van der Waals surface area contributed by atoms with Gasteiger partial charge in [-0.25, -0.2) is 4.39 Å². The molecular formula is C19H18ClFNO+. The summed E-state index contributed by atoms with van der Waals surface area (Å²) in [5.41, 5.74) is 2.12. The molecule has 0 saturated carbocycles. The van der Waals surface area contributed by atoms with Crippen LogP contribution in [0.4, 0.5) is 4.39 Å². The lowest BCUT2D eigenvalue weighted by molar-refractivity contribution is -0.671. The second-order valence-electron chi connectivity index (χ2n) is 5.43. The van der Waals surface area contributed by atoms with E-state index in [0.29, 0.717) is 5.02 Å². The van der Waals surface area contributed by atoms with Crippen molar-refractivity contribution in [1.82, 2.24) is 0 Å². The summed E-state index contributed by atoms with van der Waals surface area (Å²) < 4.78 is 18.7. The largest absolute Gasteiger partial charge is 0.455 e. The van der Waals surface area contributed by atoms with E-state index < -0.39 is 0 Å². The van der Waals surface area contributed by atoms with Gasteiger partial charge in [0.1, 0.15) is 18.1 Å². The first-order chi connectivity index (χ1) is 11.2. The minimum absolute atomic E-state index is 0.193. The van der Waals surface area contributed by atoms with Gasteiger partial charge in [-0.3, -0.25) is 0 Å². The van der Waals surface area contributed by atoms with E-state index in [9.17, 15) is 4.39 Å². The maximum absolute atomic E-state index is 12.8. The zero-order valence-electron chi connectivity index (χ0n) is 12.6. The van der Waals surface area contributed by atoms with Crippen LogP contribution < -0.4 is 5.32 Å². The van der Waals surface area contributed by atoms with Crippen LogP contribution in [0.3, 0.4) is 0 Å². The molecule has 1 aromatic heterocycles. The summed E-state index contributed by atoms with van der Waals surface area (Å²) in [5, 5.41) is 2.88. The van der Waals surface area contributed by atoms with Gasteiger partial charge in [0.15, 0.2) is 5.76 Å². The molecular weight excluding hydrogens is 313 g/mol. The Morgan fingerprint density at radius 2 is 1.83 bits per heavy atom. The van der Waals surface area contributed by atoms with Gasteiger partial charge in [0.2, 0.25) is 0 Å². The highest BCUT2D eigenvalue weighted by atomic mass is 35.5. The van der Waals surface area contributed by atoms with Crippen LogP contribution in [0.1, 0.15) is 11.3 Å². The third-order valence-corrected chi connectivity index (χ3v) is 3.90. The van der Waals surface area contributed by atoms with Crippen molar-refractivity contribution in [2.45, 2.75) is 13.0 Å². The van der Waals surface area contributed by atoms with Crippen molar-refractivity contribution in [2.24, 2.45) is 0 Å². The zero-order valence-corrected chi connectivity index (χ0v) is 13.4. The third-order valence-electron chi connectivity index (χ3n) is 3.67. The molecule has 0 saturated heterocycles. The monoisotopic (exact) mass is 330 g/mol. The van der Waals surface area contributed by atoms with Crippen molar-refractivity contribution in [3.63, 3.8) is 0 Å². The average molecular weight is 331 g/mol. The van der Waals surface area contributed by atoms with Crippen LogP contribution in [-0.2, 0) is 13.0 Å². The van der Waals surface area contributed by atoms with E-state index in [1.54, 1.807) is 0 Å². The number of rotatable bonds is 6. The van der Waals surface area contributed by atoms with E-state index in [-0.39, 0.29) is 5.82 Å². The maximum atomic E-state index is 12.8. The molecule has 0 aliphatic rings. The van der Waals surface area contributed by atoms with Crippen molar-refractivity contribution in [3.05, 3.63) is 82.8 Å². The molecule has 3 aromatic rings. The number of hydrogen-bond donors (Lipinski definition) is 1. The molecule has 0 aliphatic carbocycles. The molecule has 118 valence electrons. The van der Waals surface area contributed by atoms with Crippen LogP contribution in [0.15, 0.2) is 65.1 Å². The molecule has 0 spiro atoms. The fraction of sp³-hybridized carbons (Fsp3) is 0.158. The van der Waals surface area contributed by atoms with Gasteiger partial charge in [-0.15, -0.1) is 0 Å². The molecule has 0 radical (unpaired) electrons. The Balaban J connectivity index is 1.50. The predicted octanol–water partition coefficient (Wildman–Crippen LogP) is 4.05. The van der Waals surface area contributed by atoms with Gasteiger partial charge >= 0.3 is 0 Å². The molecule has 0 amide bonds. The predicted molar refractivity (Wildman–Crippen MR) is 89.8 cm³/mol. The number of halogens is 2. The van der Waals surface area contributed by atoms with Crippen molar-refractivity contribution in [3.8, 4) is 11.3 Å². The Hall–Kier alpha value is -2.10. The van der Waals surface area contributed by atoms with Gasteiger partial charge in [-0.05, 0) is 42.0 Å². The normalized spacial score (nSPS) is 10.9. The fourth-order valence-electron chi connectivity index (χ4n) is 2.45. The standard InChI is InChI=1S/C19H17ClFNO/c20-16-3-1-2-15(12-16)19-9-8-18(23-19)13-22-11-10-14-4-6-17(21)7-5-14/h1-9,12,22H,10-11,13H2/p+1. The fourth-order valence-corrected chi connectivity index (χ4v) is 2.64. The van der Waals surface area contributed by atoms with Crippen molar-refractivity contribution < 1.29 is 14.1 Å². The number of furan rings is 1. The highest BCUT2D eigenvalue weighted by Gasteiger charge is 2.06. The maximum Gasteiger partial charge on any atom is 0.158 e. The molecule has 0 unspecified atom stereocenters. The molecule has 0 aliphatic heterocycles. The Morgan fingerprint density at radius 1 is 1.00 bits per heavy atom. The summed E-state index contributed by atoms with van der Waals surface area (Å²) >= 11 is 6.00. The number of benzene rings is 2. The van der Waals surface area contributed by atoms with Gasteiger partial charge < -0.3 is 9.73 Å². The van der Waals surface area contributed by atoms with Gasteiger partial charge in [-0.2, -0.15) is 0 Å². The van der Waals surface area contributed by atoms with Gasteiger partial charge in [-0.1, -0.05) is 35.9 Å². The van der Waals surface area contributed by atoms with Crippen LogP contribution in [0.5, 0.6) is 0 Å².